The second-order valence-corrected chi connectivity index (χ2v) is 16.2. The fourth-order valence-corrected chi connectivity index (χ4v) is 7.56. The molecule has 9 aromatic rings. The summed E-state index contributed by atoms with van der Waals surface area (Å²) in [5.74, 6) is 1.80. The Labute approximate surface area is 359 Å². The second kappa shape index (κ2) is 17.1. The quantitative estimate of drug-likeness (QED) is 0.150. The molecule has 0 atom stereocenters. The summed E-state index contributed by atoms with van der Waals surface area (Å²) in [6, 6.07) is 53.8. The minimum absolute atomic E-state index is 0. The van der Waals surface area contributed by atoms with E-state index in [0.717, 1.165) is 55.5 Å². The molecular formula is C53H49IrN3O-2. The number of pyridine rings is 1. The van der Waals surface area contributed by atoms with Crippen LogP contribution in [0.25, 0.3) is 72.4 Å². The first-order valence-corrected chi connectivity index (χ1v) is 19.8. The van der Waals surface area contributed by atoms with E-state index in [9.17, 15) is 0 Å². The molecule has 0 N–H and O–H groups in total. The van der Waals surface area contributed by atoms with E-state index >= 15 is 0 Å². The third-order valence-electron chi connectivity index (χ3n) is 10.2. The van der Waals surface area contributed by atoms with Crippen molar-refractivity contribution in [3.63, 3.8) is 0 Å². The molecule has 0 saturated heterocycles. The van der Waals surface area contributed by atoms with Crippen LogP contribution in [0.3, 0.4) is 0 Å². The Morgan fingerprint density at radius 1 is 0.707 bits per heavy atom. The number of aromatic nitrogens is 3. The third kappa shape index (κ3) is 8.34. The largest absolute Gasteiger partial charge is 0.501 e. The van der Waals surface area contributed by atoms with Gasteiger partial charge in [-0.25, -0.2) is 0 Å². The molecule has 0 bridgehead atoms. The zero-order valence-corrected chi connectivity index (χ0v) is 36.5. The molecule has 0 unspecified atom stereocenters. The topological polar surface area (TPSA) is 43.9 Å². The third-order valence-corrected chi connectivity index (χ3v) is 10.2. The summed E-state index contributed by atoms with van der Waals surface area (Å²) in [4.78, 5) is 9.52. The van der Waals surface area contributed by atoms with Crippen LogP contribution in [0.4, 0.5) is 0 Å². The van der Waals surface area contributed by atoms with Crippen molar-refractivity contribution in [2.24, 2.45) is 5.41 Å². The standard InChI is InChI=1S/C28H24NO.C25H25N2.Ir/c1-28(2,3)18-19-14-15-29-25(16-19)23-11-7-10-22-24-17-21(20-8-5-4-6-9-20)12-13-26(24)30-27(22)23;1-17(2)20-13-10-14-21(18(3)4)24(20)27-23-16-9-8-15-22(23)26-25(27)19-11-6-5-7-12-19;/h4-10,12-17H,18H2,1-3H3;5-11,13-18H,1-4H3;/q2*-1;/i18D2;;. The van der Waals surface area contributed by atoms with Crippen LogP contribution in [0.2, 0.25) is 0 Å². The van der Waals surface area contributed by atoms with Gasteiger partial charge in [-0.05, 0) is 81.9 Å². The van der Waals surface area contributed by atoms with Gasteiger partial charge in [0.15, 0.2) is 0 Å². The van der Waals surface area contributed by atoms with E-state index in [-0.39, 0.29) is 20.1 Å². The van der Waals surface area contributed by atoms with Crippen LogP contribution in [-0.2, 0) is 26.5 Å². The van der Waals surface area contributed by atoms with Crippen molar-refractivity contribution in [1.82, 2.24) is 14.5 Å². The Morgan fingerprint density at radius 3 is 2.14 bits per heavy atom. The van der Waals surface area contributed by atoms with E-state index in [4.69, 9.17) is 12.1 Å². The Kier molecular flexibility index (Phi) is 11.2. The first-order chi connectivity index (χ1) is 28.3. The maximum atomic E-state index is 8.64. The maximum Gasteiger partial charge on any atom is 0.120 e. The Hall–Kier alpha value is -5.61. The monoisotopic (exact) mass is 938 g/mol. The fourth-order valence-electron chi connectivity index (χ4n) is 7.56. The molecule has 3 heterocycles. The summed E-state index contributed by atoms with van der Waals surface area (Å²) in [5.41, 5.74) is 12.4. The van der Waals surface area contributed by atoms with Crippen molar-refractivity contribution in [3.05, 3.63) is 175 Å². The van der Waals surface area contributed by atoms with Gasteiger partial charge in [-0.2, -0.15) is 0 Å². The maximum absolute atomic E-state index is 8.64. The molecule has 6 aromatic carbocycles. The van der Waals surface area contributed by atoms with Gasteiger partial charge in [0.1, 0.15) is 5.58 Å². The van der Waals surface area contributed by atoms with E-state index in [2.05, 4.69) is 122 Å². The Balaban J connectivity index is 0.000000181. The van der Waals surface area contributed by atoms with Gasteiger partial charge >= 0.3 is 0 Å². The molecule has 0 fully saturated rings. The fraction of sp³-hybridized carbons (Fsp3) is 0.208. The Bertz CT molecular complexity index is 2880. The van der Waals surface area contributed by atoms with E-state index in [1.54, 1.807) is 12.3 Å². The number of furan rings is 1. The molecule has 3 aromatic heterocycles. The van der Waals surface area contributed by atoms with Crippen LogP contribution in [-0.4, -0.2) is 14.5 Å². The van der Waals surface area contributed by atoms with Crippen LogP contribution in [0.15, 0.2) is 150 Å². The van der Waals surface area contributed by atoms with Crippen molar-refractivity contribution < 1.29 is 27.3 Å². The number of rotatable bonds is 7. The van der Waals surface area contributed by atoms with Gasteiger partial charge in [0.25, 0.3) is 0 Å². The molecular weight excluding hydrogens is 887 g/mol. The van der Waals surface area contributed by atoms with Gasteiger partial charge < -0.3 is 14.0 Å². The van der Waals surface area contributed by atoms with Crippen molar-refractivity contribution in [2.45, 2.75) is 66.7 Å². The summed E-state index contributed by atoms with van der Waals surface area (Å²) < 4.78 is 25.9. The first-order valence-electron chi connectivity index (χ1n) is 20.8. The zero-order chi connectivity index (χ0) is 41.5. The molecule has 9 rings (SSSR count). The summed E-state index contributed by atoms with van der Waals surface area (Å²) in [7, 11) is 0. The molecule has 0 amide bonds. The minimum Gasteiger partial charge on any atom is -0.501 e. The van der Waals surface area contributed by atoms with Gasteiger partial charge in [0.2, 0.25) is 0 Å². The van der Waals surface area contributed by atoms with Crippen LogP contribution in [0, 0.1) is 17.5 Å². The smallest absolute Gasteiger partial charge is 0.120 e. The molecule has 0 saturated carbocycles. The summed E-state index contributed by atoms with van der Waals surface area (Å²) in [6.07, 6.45) is 0.161. The average Bonchev–Trinajstić information content (AvgIpc) is 3.82. The van der Waals surface area contributed by atoms with Crippen molar-refractivity contribution >= 4 is 33.0 Å². The summed E-state index contributed by atoms with van der Waals surface area (Å²) >= 11 is 0. The number of hydrogen-bond acceptors (Lipinski definition) is 3. The molecule has 1 radical (unpaired) electrons. The molecule has 0 aliphatic rings. The number of para-hydroxylation sites is 3. The number of hydrogen-bond donors (Lipinski definition) is 0. The van der Waals surface area contributed by atoms with E-state index in [1.165, 1.54) is 16.8 Å². The van der Waals surface area contributed by atoms with E-state index in [0.29, 0.717) is 28.7 Å². The molecule has 293 valence electrons. The van der Waals surface area contributed by atoms with Gasteiger partial charge in [0.05, 0.1) is 22.4 Å². The Morgan fingerprint density at radius 2 is 1.43 bits per heavy atom. The van der Waals surface area contributed by atoms with Crippen molar-refractivity contribution in [1.29, 1.82) is 0 Å². The van der Waals surface area contributed by atoms with Gasteiger partial charge in [-0.1, -0.05) is 138 Å². The van der Waals surface area contributed by atoms with Crippen molar-refractivity contribution in [3.8, 4) is 39.5 Å². The molecule has 0 spiro atoms. The van der Waals surface area contributed by atoms with E-state index in [1.807, 2.05) is 81.4 Å². The normalized spacial score (nSPS) is 12.4. The molecule has 0 aliphatic heterocycles. The second-order valence-electron chi connectivity index (χ2n) is 16.2. The van der Waals surface area contributed by atoms with Crippen LogP contribution in [0.1, 0.15) is 79.7 Å². The molecule has 0 aliphatic carbocycles. The van der Waals surface area contributed by atoms with Gasteiger partial charge in [-0.3, -0.25) is 4.98 Å². The van der Waals surface area contributed by atoms with Crippen molar-refractivity contribution in [2.75, 3.05) is 0 Å². The number of benzene rings is 6. The predicted molar refractivity (Wildman–Crippen MR) is 238 cm³/mol. The molecule has 4 nitrogen and oxygen atoms in total. The number of fused-ring (bicyclic) bond motifs is 4. The predicted octanol–water partition coefficient (Wildman–Crippen LogP) is 14.4. The summed E-state index contributed by atoms with van der Waals surface area (Å²) in [6.45, 7) is 14.8. The SMILES string of the molecule is CC(C)c1cccc(C(C)C)c1-n1c(-c2[c-]cccc2)nc2ccccc21.[2H]C([2H])(c1ccnc(-c2[c-]ccc3c2oc2ccc(-c4ccccc4)cc23)c1)C(C)(C)C.[Ir]. The van der Waals surface area contributed by atoms with Gasteiger partial charge in [-0.15, -0.1) is 54.1 Å². The average molecular weight is 938 g/mol. The molecule has 5 heteroatoms. The number of nitrogens with zero attached hydrogens (tertiary/aromatic N) is 3. The van der Waals surface area contributed by atoms with Crippen LogP contribution >= 0.6 is 0 Å². The minimum atomic E-state index is -1.50. The molecule has 58 heavy (non-hydrogen) atoms. The summed E-state index contributed by atoms with van der Waals surface area (Å²) in [5, 5.41) is 2.04. The van der Waals surface area contributed by atoms with E-state index < -0.39 is 11.8 Å². The number of imidazole rings is 1. The zero-order valence-electron chi connectivity index (χ0n) is 36.1. The van der Waals surface area contributed by atoms with Gasteiger partial charge in [0, 0.05) is 40.1 Å². The first kappa shape index (κ1) is 37.9. The van der Waals surface area contributed by atoms with Crippen LogP contribution in [0.5, 0.6) is 0 Å². The van der Waals surface area contributed by atoms with Crippen LogP contribution < -0.4 is 0 Å².